The van der Waals surface area contributed by atoms with Gasteiger partial charge in [0.05, 0.1) is 5.69 Å². The Kier molecular flexibility index (Phi) is 6.85. The van der Waals surface area contributed by atoms with Crippen molar-refractivity contribution in [1.82, 2.24) is 9.71 Å². The lowest BCUT2D eigenvalue weighted by Gasteiger charge is -2.03. The number of unbranched alkanes of at least 4 members (excludes halogenated alkanes) is 2. The second kappa shape index (κ2) is 8.88. The molecule has 0 atom stereocenters. The van der Waals surface area contributed by atoms with E-state index < -0.39 is 10.2 Å². The molecule has 0 aliphatic heterocycles. The van der Waals surface area contributed by atoms with E-state index in [2.05, 4.69) is 15.0 Å². The average molecular weight is 368 g/mol. The molecular weight excluding hydrogens is 348 g/mol. The largest absolute Gasteiger partial charge is 0.302 e. The van der Waals surface area contributed by atoms with Crippen LogP contribution in [0.4, 0.5) is 5.13 Å². The van der Waals surface area contributed by atoms with Crippen molar-refractivity contribution in [2.24, 2.45) is 5.14 Å². The summed E-state index contributed by atoms with van der Waals surface area (Å²) in [4.78, 5) is 16.3. The van der Waals surface area contributed by atoms with Crippen molar-refractivity contribution in [3.8, 4) is 11.3 Å². The van der Waals surface area contributed by atoms with Gasteiger partial charge in [0.2, 0.25) is 5.91 Å². The molecule has 1 aromatic heterocycles. The minimum Gasteiger partial charge on any atom is -0.302 e. The van der Waals surface area contributed by atoms with E-state index in [9.17, 15) is 13.2 Å². The van der Waals surface area contributed by atoms with Gasteiger partial charge in [-0.15, -0.1) is 11.3 Å². The van der Waals surface area contributed by atoms with E-state index in [0.717, 1.165) is 17.7 Å². The third-order valence-corrected chi connectivity index (χ3v) is 4.57. The highest BCUT2D eigenvalue weighted by Crippen LogP contribution is 2.24. The van der Waals surface area contributed by atoms with Gasteiger partial charge in [-0.2, -0.15) is 8.42 Å². The van der Waals surface area contributed by atoms with Gasteiger partial charge in [-0.1, -0.05) is 36.8 Å². The standard InChI is InChI=1S/C15H20N4O3S2/c16-24(21,22)17-10-6-2-5-9-14(20)19-15-18-13(11-23-15)12-7-3-1-4-8-12/h1,3-4,7-8,11,17H,2,5-6,9-10H2,(H2,16,21,22)(H,18,19,20). The molecule has 1 amide bonds. The van der Waals surface area contributed by atoms with Crippen molar-refractivity contribution < 1.29 is 13.2 Å². The summed E-state index contributed by atoms with van der Waals surface area (Å²) in [6.07, 6.45) is 2.42. The Labute approximate surface area is 145 Å². The van der Waals surface area contributed by atoms with Crippen LogP contribution < -0.4 is 15.2 Å². The van der Waals surface area contributed by atoms with Crippen molar-refractivity contribution in [2.75, 3.05) is 11.9 Å². The number of benzene rings is 1. The maximum absolute atomic E-state index is 11.9. The molecule has 1 aromatic carbocycles. The zero-order valence-electron chi connectivity index (χ0n) is 13.1. The van der Waals surface area contributed by atoms with Crippen LogP contribution in [0, 0.1) is 0 Å². The number of hydrogen-bond donors (Lipinski definition) is 3. The molecule has 130 valence electrons. The summed E-state index contributed by atoms with van der Waals surface area (Å²) in [5.74, 6) is -0.0941. The first-order valence-electron chi connectivity index (χ1n) is 7.52. The number of nitrogens with one attached hydrogen (secondary N) is 2. The van der Waals surface area contributed by atoms with Crippen LogP contribution in [0.1, 0.15) is 25.7 Å². The maximum atomic E-state index is 11.9. The number of hydrogen-bond acceptors (Lipinski definition) is 5. The Balaban J connectivity index is 1.69. The number of aromatic nitrogens is 1. The van der Waals surface area contributed by atoms with E-state index in [1.807, 2.05) is 35.7 Å². The van der Waals surface area contributed by atoms with E-state index in [1.54, 1.807) is 0 Å². The number of thiazole rings is 1. The van der Waals surface area contributed by atoms with Gasteiger partial charge in [-0.3, -0.25) is 4.79 Å². The SMILES string of the molecule is NS(=O)(=O)NCCCCCC(=O)Nc1nc(-c2ccccc2)cs1. The molecule has 0 aliphatic rings. The molecular formula is C15H20N4O3S2. The van der Waals surface area contributed by atoms with Gasteiger partial charge in [-0.05, 0) is 12.8 Å². The Bertz CT molecular complexity index is 760. The fourth-order valence-electron chi connectivity index (χ4n) is 2.06. The summed E-state index contributed by atoms with van der Waals surface area (Å²) in [5, 5.41) is 10.1. The highest BCUT2D eigenvalue weighted by molar-refractivity contribution is 7.87. The number of nitrogens with two attached hydrogens (primary N) is 1. The maximum Gasteiger partial charge on any atom is 0.274 e. The van der Waals surface area contributed by atoms with Crippen LogP contribution in [0.2, 0.25) is 0 Å². The Morgan fingerprint density at radius 3 is 2.62 bits per heavy atom. The molecule has 7 nitrogen and oxygen atoms in total. The summed E-state index contributed by atoms with van der Waals surface area (Å²) in [5.41, 5.74) is 1.85. The lowest BCUT2D eigenvalue weighted by Crippen LogP contribution is -2.31. The van der Waals surface area contributed by atoms with Gasteiger partial charge in [0.25, 0.3) is 10.2 Å². The van der Waals surface area contributed by atoms with Crippen molar-refractivity contribution in [1.29, 1.82) is 0 Å². The van der Waals surface area contributed by atoms with E-state index in [4.69, 9.17) is 5.14 Å². The number of carbonyl (C=O) groups is 1. The molecule has 0 aliphatic carbocycles. The van der Waals surface area contributed by atoms with Crippen molar-refractivity contribution in [2.45, 2.75) is 25.7 Å². The lowest BCUT2D eigenvalue weighted by molar-refractivity contribution is -0.116. The monoisotopic (exact) mass is 368 g/mol. The van der Waals surface area contributed by atoms with E-state index >= 15 is 0 Å². The van der Waals surface area contributed by atoms with Crippen LogP contribution in [0.3, 0.4) is 0 Å². The van der Waals surface area contributed by atoms with Crippen LogP contribution in [0.5, 0.6) is 0 Å². The molecule has 2 aromatic rings. The van der Waals surface area contributed by atoms with E-state index in [-0.39, 0.29) is 12.5 Å². The minimum atomic E-state index is -3.63. The highest BCUT2D eigenvalue weighted by atomic mass is 32.2. The topological polar surface area (TPSA) is 114 Å². The molecule has 24 heavy (non-hydrogen) atoms. The van der Waals surface area contributed by atoms with Crippen molar-refractivity contribution in [3.05, 3.63) is 35.7 Å². The zero-order valence-corrected chi connectivity index (χ0v) is 14.7. The molecule has 0 fully saturated rings. The number of carbonyl (C=O) groups excluding carboxylic acids is 1. The van der Waals surface area contributed by atoms with Crippen LogP contribution in [-0.4, -0.2) is 25.9 Å². The highest BCUT2D eigenvalue weighted by Gasteiger charge is 2.08. The van der Waals surface area contributed by atoms with Gasteiger partial charge in [0.1, 0.15) is 0 Å². The molecule has 4 N–H and O–H groups in total. The molecule has 2 rings (SSSR count). The Morgan fingerprint density at radius 1 is 1.17 bits per heavy atom. The molecule has 0 radical (unpaired) electrons. The molecule has 0 bridgehead atoms. The fourth-order valence-corrected chi connectivity index (χ4v) is 3.22. The van der Waals surface area contributed by atoms with E-state index in [1.165, 1.54) is 11.3 Å². The molecule has 0 saturated heterocycles. The second-order valence-electron chi connectivity index (χ2n) is 5.20. The number of rotatable bonds is 9. The van der Waals surface area contributed by atoms with Gasteiger partial charge in [0.15, 0.2) is 5.13 Å². The molecule has 0 unspecified atom stereocenters. The first-order chi connectivity index (χ1) is 11.4. The molecule has 1 heterocycles. The van der Waals surface area contributed by atoms with Gasteiger partial charge >= 0.3 is 0 Å². The predicted molar refractivity (Wildman–Crippen MR) is 95.8 cm³/mol. The van der Waals surface area contributed by atoms with Gasteiger partial charge in [-0.25, -0.2) is 14.8 Å². The third kappa shape index (κ3) is 6.75. The number of anilines is 1. The average Bonchev–Trinajstić information content (AvgIpc) is 2.99. The van der Waals surface area contributed by atoms with E-state index in [0.29, 0.717) is 24.4 Å². The van der Waals surface area contributed by atoms with Crippen LogP contribution >= 0.6 is 11.3 Å². The van der Waals surface area contributed by atoms with Gasteiger partial charge < -0.3 is 5.32 Å². The fraction of sp³-hybridized carbons (Fsp3) is 0.333. The van der Waals surface area contributed by atoms with Crippen LogP contribution in [0.25, 0.3) is 11.3 Å². The normalized spacial score (nSPS) is 11.4. The zero-order chi connectivity index (χ0) is 17.4. The summed E-state index contributed by atoms with van der Waals surface area (Å²) in [7, 11) is -3.63. The number of amides is 1. The first kappa shape index (κ1) is 18.5. The smallest absolute Gasteiger partial charge is 0.274 e. The summed E-state index contributed by atoms with van der Waals surface area (Å²) < 4.78 is 23.6. The lowest BCUT2D eigenvalue weighted by atomic mass is 10.2. The number of nitrogens with zero attached hydrogens (tertiary/aromatic N) is 1. The summed E-state index contributed by atoms with van der Waals surface area (Å²) >= 11 is 1.39. The van der Waals surface area contributed by atoms with Crippen molar-refractivity contribution >= 4 is 32.6 Å². The summed E-state index contributed by atoms with van der Waals surface area (Å²) in [6.45, 7) is 0.285. The molecule has 0 saturated carbocycles. The van der Waals surface area contributed by atoms with Gasteiger partial charge in [0, 0.05) is 23.9 Å². The summed E-state index contributed by atoms with van der Waals surface area (Å²) in [6, 6.07) is 9.76. The molecule has 0 spiro atoms. The quantitative estimate of drug-likeness (QED) is 0.588. The Morgan fingerprint density at radius 2 is 1.92 bits per heavy atom. The van der Waals surface area contributed by atoms with Crippen LogP contribution in [0.15, 0.2) is 35.7 Å². The predicted octanol–water partition coefficient (Wildman–Crippen LogP) is 2.10. The molecule has 9 heteroatoms. The third-order valence-electron chi connectivity index (χ3n) is 3.20. The minimum absolute atomic E-state index is 0.0941. The second-order valence-corrected chi connectivity index (χ2v) is 7.44. The Hall–Kier alpha value is -1.81. The van der Waals surface area contributed by atoms with Crippen molar-refractivity contribution in [3.63, 3.8) is 0 Å². The van der Waals surface area contributed by atoms with Crippen LogP contribution in [-0.2, 0) is 15.0 Å². The first-order valence-corrected chi connectivity index (χ1v) is 9.95.